The Hall–Kier alpha value is -2.36. The third-order valence-corrected chi connectivity index (χ3v) is 2.47. The first-order valence-corrected chi connectivity index (χ1v) is 5.69. The topological polar surface area (TPSA) is 52.4 Å². The summed E-state index contributed by atoms with van der Waals surface area (Å²) in [7, 11) is 0. The quantitative estimate of drug-likeness (QED) is 0.521. The van der Waals surface area contributed by atoms with Crippen LogP contribution in [0.25, 0.3) is 11.1 Å². The fourth-order valence-corrected chi connectivity index (χ4v) is 1.56. The van der Waals surface area contributed by atoms with Gasteiger partial charge < -0.3 is 4.74 Å². The molecule has 0 radical (unpaired) electrons. The molecule has 0 amide bonds. The Balaban J connectivity index is 0.000000164. The monoisotopic (exact) mass is 243 g/mol. The van der Waals surface area contributed by atoms with E-state index in [0.29, 0.717) is 12.4 Å². The molecule has 92 valence electrons. The summed E-state index contributed by atoms with van der Waals surface area (Å²) < 4.78 is 5.06. The van der Waals surface area contributed by atoms with Crippen molar-refractivity contribution >= 4 is 5.69 Å². The molecule has 1 aromatic rings. The lowest BCUT2D eigenvalue weighted by Crippen LogP contribution is -1.96. The molecule has 2 aliphatic rings. The summed E-state index contributed by atoms with van der Waals surface area (Å²) in [6.07, 6.45) is 0. The number of nitrogens with zero attached hydrogens (tertiary/aromatic N) is 1. The van der Waals surface area contributed by atoms with Crippen molar-refractivity contribution in [3.63, 3.8) is 0 Å². The average molecular weight is 243 g/mol. The molecule has 0 spiro atoms. The average Bonchev–Trinajstić information content (AvgIpc) is 2.98. The molecule has 3 rings (SSSR count). The van der Waals surface area contributed by atoms with Gasteiger partial charge in [-0.15, -0.1) is 0 Å². The molecule has 0 saturated heterocycles. The molecular weight excluding hydrogens is 230 g/mol. The zero-order chi connectivity index (χ0) is 13.0. The first kappa shape index (κ1) is 12.1. The number of rotatable bonds is 3. The Morgan fingerprint density at radius 2 is 1.78 bits per heavy atom. The van der Waals surface area contributed by atoms with Gasteiger partial charge in [0.25, 0.3) is 0 Å². The van der Waals surface area contributed by atoms with Crippen LogP contribution < -0.4 is 4.74 Å². The van der Waals surface area contributed by atoms with Crippen LogP contribution in [0.5, 0.6) is 5.75 Å². The second-order valence-electron chi connectivity index (χ2n) is 3.74. The number of benzene rings is 2. The molecule has 4 nitrogen and oxygen atoms in total. The molecule has 0 fully saturated rings. The molecule has 0 N–H and O–H groups in total. The standard InChI is InChI=1S/C8H9NO3.C6H4/c1-2-12-8-6-4-3-5-7(8)9(10)11;1-2-5-4-6(5)3-1/h3-6H,2H2,1H3;1-4H. The predicted molar refractivity (Wildman–Crippen MR) is 69.7 cm³/mol. The summed E-state index contributed by atoms with van der Waals surface area (Å²) in [4.78, 5) is 9.97. The first-order chi connectivity index (χ1) is 8.72. The van der Waals surface area contributed by atoms with Gasteiger partial charge in [0.05, 0.1) is 11.5 Å². The van der Waals surface area contributed by atoms with Gasteiger partial charge in [0.2, 0.25) is 0 Å². The van der Waals surface area contributed by atoms with E-state index in [-0.39, 0.29) is 5.69 Å². The van der Waals surface area contributed by atoms with Crippen LogP contribution in [0.15, 0.2) is 48.5 Å². The molecule has 0 aliphatic heterocycles. The lowest BCUT2D eigenvalue weighted by molar-refractivity contribution is -0.385. The van der Waals surface area contributed by atoms with Crippen molar-refractivity contribution in [1.82, 2.24) is 0 Å². The maximum atomic E-state index is 10.4. The summed E-state index contributed by atoms with van der Waals surface area (Å²) in [5, 5.41) is 10.4. The third-order valence-electron chi connectivity index (χ3n) is 2.47. The van der Waals surface area contributed by atoms with E-state index in [2.05, 4.69) is 24.3 Å². The Kier molecular flexibility index (Phi) is 3.57. The number of fused-ring (bicyclic) bond motifs is 1. The van der Waals surface area contributed by atoms with Crippen molar-refractivity contribution in [3.8, 4) is 16.9 Å². The summed E-state index contributed by atoms with van der Waals surface area (Å²) in [6.45, 7) is 2.22. The highest BCUT2D eigenvalue weighted by atomic mass is 16.6. The molecule has 18 heavy (non-hydrogen) atoms. The highest BCUT2D eigenvalue weighted by Crippen LogP contribution is 2.32. The SMILES string of the molecule is CCOc1ccccc1[N+](=O)[O-].c1cc2cc-2c1. The number of ether oxygens (including phenoxy) is 1. The number of nitro benzene ring substituents is 1. The van der Waals surface area contributed by atoms with E-state index in [9.17, 15) is 10.1 Å². The van der Waals surface area contributed by atoms with Crippen molar-refractivity contribution in [2.75, 3.05) is 6.61 Å². The second kappa shape index (κ2) is 5.31. The maximum absolute atomic E-state index is 10.4. The Morgan fingerprint density at radius 3 is 2.22 bits per heavy atom. The van der Waals surface area contributed by atoms with E-state index in [1.807, 2.05) is 0 Å². The fraction of sp³-hybridized carbons (Fsp3) is 0.143. The van der Waals surface area contributed by atoms with E-state index in [1.165, 1.54) is 17.2 Å². The fourth-order valence-electron chi connectivity index (χ4n) is 1.56. The lowest BCUT2D eigenvalue weighted by atomic mass is 10.3. The van der Waals surface area contributed by atoms with Gasteiger partial charge in [-0.25, -0.2) is 0 Å². The highest BCUT2D eigenvalue weighted by molar-refractivity contribution is 5.80. The Bertz CT molecular complexity index is 549. The van der Waals surface area contributed by atoms with E-state index < -0.39 is 4.92 Å². The number of para-hydroxylation sites is 2. The number of nitro groups is 1. The number of hydrogen-bond donors (Lipinski definition) is 0. The van der Waals surface area contributed by atoms with E-state index in [1.54, 1.807) is 25.1 Å². The third kappa shape index (κ3) is 2.85. The highest BCUT2D eigenvalue weighted by Gasteiger charge is 2.12. The van der Waals surface area contributed by atoms with E-state index >= 15 is 0 Å². The maximum Gasteiger partial charge on any atom is 0.310 e. The molecule has 0 saturated carbocycles. The Morgan fingerprint density at radius 1 is 1.11 bits per heavy atom. The largest absolute Gasteiger partial charge is 0.487 e. The molecular formula is C14H13NO3. The lowest BCUT2D eigenvalue weighted by Gasteiger charge is -2.01. The minimum absolute atomic E-state index is 0.0133. The van der Waals surface area contributed by atoms with Crippen molar-refractivity contribution in [3.05, 3.63) is 58.6 Å². The van der Waals surface area contributed by atoms with E-state index in [0.717, 1.165) is 0 Å². The van der Waals surface area contributed by atoms with Gasteiger partial charge in [0.15, 0.2) is 5.75 Å². The molecule has 4 heteroatoms. The van der Waals surface area contributed by atoms with Gasteiger partial charge in [-0.05, 0) is 30.2 Å². The summed E-state index contributed by atoms with van der Waals surface area (Å²) in [5.41, 5.74) is 2.87. The van der Waals surface area contributed by atoms with Crippen LogP contribution in [0.2, 0.25) is 0 Å². The van der Waals surface area contributed by atoms with Crippen LogP contribution >= 0.6 is 0 Å². The molecule has 0 bridgehead atoms. The first-order valence-electron chi connectivity index (χ1n) is 5.69. The second-order valence-corrected chi connectivity index (χ2v) is 3.74. The molecule has 0 aromatic heterocycles. The van der Waals surface area contributed by atoms with Crippen molar-refractivity contribution < 1.29 is 9.66 Å². The molecule has 0 atom stereocenters. The van der Waals surface area contributed by atoms with Crippen LogP contribution in [0.4, 0.5) is 5.69 Å². The molecule has 0 unspecified atom stereocenters. The van der Waals surface area contributed by atoms with Gasteiger partial charge in [-0.2, -0.15) is 0 Å². The van der Waals surface area contributed by atoms with E-state index in [4.69, 9.17) is 4.74 Å². The zero-order valence-corrected chi connectivity index (χ0v) is 10.00. The van der Waals surface area contributed by atoms with Gasteiger partial charge in [0, 0.05) is 6.07 Å². The van der Waals surface area contributed by atoms with Gasteiger partial charge >= 0.3 is 5.69 Å². The summed E-state index contributed by atoms with van der Waals surface area (Å²) >= 11 is 0. The molecule has 1 aromatic carbocycles. The molecule has 2 aliphatic carbocycles. The normalized spacial score (nSPS) is 10.1. The smallest absolute Gasteiger partial charge is 0.310 e. The summed E-state index contributed by atoms with van der Waals surface area (Å²) in [6, 6.07) is 14.8. The van der Waals surface area contributed by atoms with Gasteiger partial charge in [0.1, 0.15) is 0 Å². The van der Waals surface area contributed by atoms with Crippen LogP contribution in [0.3, 0.4) is 0 Å². The van der Waals surface area contributed by atoms with Crippen molar-refractivity contribution in [2.45, 2.75) is 6.92 Å². The van der Waals surface area contributed by atoms with Crippen LogP contribution in [-0.2, 0) is 0 Å². The minimum atomic E-state index is -0.453. The van der Waals surface area contributed by atoms with Crippen molar-refractivity contribution in [2.24, 2.45) is 0 Å². The van der Waals surface area contributed by atoms with Gasteiger partial charge in [-0.1, -0.05) is 30.3 Å². The number of hydrogen-bond acceptors (Lipinski definition) is 3. The predicted octanol–water partition coefficient (Wildman–Crippen LogP) is 3.66. The Labute approximate surface area is 105 Å². The van der Waals surface area contributed by atoms with Gasteiger partial charge in [-0.3, -0.25) is 10.1 Å². The molecule has 0 heterocycles. The van der Waals surface area contributed by atoms with Crippen LogP contribution in [-0.4, -0.2) is 11.5 Å². The zero-order valence-electron chi connectivity index (χ0n) is 10.00. The summed E-state index contributed by atoms with van der Waals surface area (Å²) in [5.74, 6) is 0.324. The van der Waals surface area contributed by atoms with Crippen molar-refractivity contribution in [1.29, 1.82) is 0 Å². The minimum Gasteiger partial charge on any atom is -0.487 e. The van der Waals surface area contributed by atoms with Crippen LogP contribution in [0.1, 0.15) is 6.92 Å². The van der Waals surface area contributed by atoms with Crippen LogP contribution in [0, 0.1) is 10.1 Å².